The number of aryl methyl sites for hydroxylation is 1. The number of aromatic nitrogens is 1. The molecule has 1 aromatic heterocycles. The highest BCUT2D eigenvalue weighted by Crippen LogP contribution is 2.25. The Balaban J connectivity index is 1.71. The largest absolute Gasteiger partial charge is 0.454 e. The van der Waals surface area contributed by atoms with Crippen LogP contribution in [0.4, 0.5) is 8.78 Å². The number of carbonyl (C=O) groups is 2. The molecule has 0 aliphatic heterocycles. The highest BCUT2D eigenvalue weighted by molar-refractivity contribution is 7.99. The summed E-state index contributed by atoms with van der Waals surface area (Å²) in [6.07, 6.45) is 0. The zero-order valence-corrected chi connectivity index (χ0v) is 19.3. The van der Waals surface area contributed by atoms with Crippen LogP contribution in [0.3, 0.4) is 0 Å². The van der Waals surface area contributed by atoms with Gasteiger partial charge in [0.2, 0.25) is 15.8 Å². The minimum absolute atomic E-state index is 0.0299. The van der Waals surface area contributed by atoms with Gasteiger partial charge < -0.3 is 9.30 Å². The predicted molar refractivity (Wildman–Crippen MR) is 120 cm³/mol. The van der Waals surface area contributed by atoms with E-state index in [1.807, 2.05) is 0 Å². The van der Waals surface area contributed by atoms with Gasteiger partial charge in [-0.05, 0) is 68.4 Å². The van der Waals surface area contributed by atoms with Gasteiger partial charge in [-0.15, -0.1) is 0 Å². The SMILES string of the molecule is Cc1cc(C(=O)COC(=O)c2ccc(SC(F)F)cc2)c(C)n1-c1ccc(S(N)(=O)=O)cc1. The molecular formula is C22H20F2N2O5S2. The van der Waals surface area contributed by atoms with E-state index < -0.39 is 34.1 Å². The molecule has 0 amide bonds. The molecule has 0 aliphatic rings. The van der Waals surface area contributed by atoms with Gasteiger partial charge in [-0.3, -0.25) is 4.79 Å². The molecule has 7 nitrogen and oxygen atoms in total. The maximum atomic E-state index is 12.7. The molecule has 0 bridgehead atoms. The molecule has 1 heterocycles. The minimum Gasteiger partial charge on any atom is -0.454 e. The molecule has 0 saturated heterocycles. The number of nitrogens with two attached hydrogens (primary N) is 1. The van der Waals surface area contributed by atoms with Gasteiger partial charge >= 0.3 is 5.97 Å². The normalized spacial score (nSPS) is 11.6. The average Bonchev–Trinajstić information content (AvgIpc) is 3.05. The quantitative estimate of drug-likeness (QED) is 0.287. The predicted octanol–water partition coefficient (Wildman–Crippen LogP) is 4.10. The summed E-state index contributed by atoms with van der Waals surface area (Å²) in [6, 6.07) is 13.0. The van der Waals surface area contributed by atoms with Crippen LogP contribution in [0.15, 0.2) is 64.4 Å². The summed E-state index contributed by atoms with van der Waals surface area (Å²) in [5.74, 6) is -3.73. The first-order valence-electron chi connectivity index (χ1n) is 9.54. The molecule has 33 heavy (non-hydrogen) atoms. The molecule has 2 N–H and O–H groups in total. The first-order chi connectivity index (χ1) is 15.5. The second-order valence-electron chi connectivity index (χ2n) is 7.06. The standard InChI is InChI=1S/C22H20F2N2O5S2/c1-13-11-19(14(2)26(13)16-5-9-18(10-6-16)33(25,29)30)20(27)12-31-21(28)15-3-7-17(8-4-15)32-22(23)24/h3-11,22H,12H2,1-2H3,(H2,25,29,30). The van der Waals surface area contributed by atoms with Gasteiger partial charge in [-0.1, -0.05) is 11.8 Å². The van der Waals surface area contributed by atoms with Crippen LogP contribution in [0.1, 0.15) is 32.1 Å². The molecule has 0 atom stereocenters. The lowest BCUT2D eigenvalue weighted by Crippen LogP contribution is -2.15. The maximum Gasteiger partial charge on any atom is 0.338 e. The fourth-order valence-electron chi connectivity index (χ4n) is 3.29. The number of thioether (sulfide) groups is 1. The molecule has 2 aromatic carbocycles. The average molecular weight is 495 g/mol. The third kappa shape index (κ3) is 5.86. The second-order valence-corrected chi connectivity index (χ2v) is 9.69. The number of primary sulfonamides is 1. The molecule has 0 radical (unpaired) electrons. The summed E-state index contributed by atoms with van der Waals surface area (Å²) in [5, 5.41) is 5.12. The number of hydrogen-bond donors (Lipinski definition) is 1. The Morgan fingerprint density at radius 3 is 2.21 bits per heavy atom. The van der Waals surface area contributed by atoms with Crippen molar-refractivity contribution in [3.63, 3.8) is 0 Å². The van der Waals surface area contributed by atoms with Crippen LogP contribution in [0.5, 0.6) is 0 Å². The highest BCUT2D eigenvalue weighted by atomic mass is 32.2. The Labute approximate surface area is 193 Å². The maximum absolute atomic E-state index is 12.7. The lowest BCUT2D eigenvalue weighted by molar-refractivity contribution is 0.0474. The minimum atomic E-state index is -3.82. The first-order valence-corrected chi connectivity index (χ1v) is 12.0. The number of hydrogen-bond acceptors (Lipinski definition) is 6. The van der Waals surface area contributed by atoms with Crippen molar-refractivity contribution in [3.05, 3.63) is 77.1 Å². The number of rotatable bonds is 8. The molecule has 0 spiro atoms. The van der Waals surface area contributed by atoms with Crippen molar-refractivity contribution >= 4 is 33.5 Å². The second kappa shape index (κ2) is 9.86. The van der Waals surface area contributed by atoms with Crippen molar-refractivity contribution in [3.8, 4) is 5.69 Å². The molecule has 11 heteroatoms. The van der Waals surface area contributed by atoms with E-state index in [0.29, 0.717) is 33.6 Å². The van der Waals surface area contributed by atoms with E-state index in [2.05, 4.69) is 0 Å². The van der Waals surface area contributed by atoms with E-state index in [-0.39, 0.29) is 10.5 Å². The van der Waals surface area contributed by atoms with Gasteiger partial charge in [0.1, 0.15) is 0 Å². The molecule has 3 aromatic rings. The van der Waals surface area contributed by atoms with Crippen molar-refractivity contribution in [2.75, 3.05) is 6.61 Å². The van der Waals surface area contributed by atoms with Gasteiger partial charge in [0.15, 0.2) is 6.61 Å². The number of halogens is 2. The molecule has 3 rings (SSSR count). The van der Waals surface area contributed by atoms with Crippen LogP contribution in [-0.2, 0) is 14.8 Å². The number of Topliss-reactive ketones (excluding diaryl/α,β-unsaturated/α-hetero) is 1. The zero-order chi connectivity index (χ0) is 24.3. The van der Waals surface area contributed by atoms with Gasteiger partial charge in [0.25, 0.3) is 5.76 Å². The topological polar surface area (TPSA) is 108 Å². The summed E-state index contributed by atoms with van der Waals surface area (Å²) in [7, 11) is -3.82. The van der Waals surface area contributed by atoms with Gasteiger partial charge in [0, 0.05) is 27.5 Å². The number of nitrogens with zero attached hydrogens (tertiary/aromatic N) is 1. The van der Waals surface area contributed by atoms with E-state index in [0.717, 1.165) is 5.69 Å². The third-order valence-electron chi connectivity index (χ3n) is 4.80. The Hall–Kier alpha value is -3.02. The number of alkyl halides is 2. The number of sulfonamides is 1. The van der Waals surface area contributed by atoms with Crippen molar-refractivity contribution in [1.82, 2.24) is 4.57 Å². The molecule has 0 aliphatic carbocycles. The van der Waals surface area contributed by atoms with Crippen molar-refractivity contribution in [1.29, 1.82) is 0 Å². The summed E-state index contributed by atoms with van der Waals surface area (Å²) >= 11 is 0.362. The smallest absolute Gasteiger partial charge is 0.338 e. The first kappa shape index (κ1) is 24.6. The van der Waals surface area contributed by atoms with Crippen LogP contribution in [0.25, 0.3) is 5.69 Å². The van der Waals surface area contributed by atoms with Crippen LogP contribution >= 0.6 is 11.8 Å². The number of benzene rings is 2. The van der Waals surface area contributed by atoms with Gasteiger partial charge in [0.05, 0.1) is 10.5 Å². The van der Waals surface area contributed by atoms with Crippen LogP contribution in [0, 0.1) is 13.8 Å². The van der Waals surface area contributed by atoms with Crippen molar-refractivity contribution < 1.29 is 31.5 Å². The fraction of sp³-hybridized carbons (Fsp3) is 0.182. The Kier molecular flexibility index (Phi) is 7.35. The summed E-state index contributed by atoms with van der Waals surface area (Å²) < 4.78 is 54.5. The van der Waals surface area contributed by atoms with E-state index >= 15 is 0 Å². The third-order valence-corrected chi connectivity index (χ3v) is 6.46. The Morgan fingerprint density at radius 1 is 1.06 bits per heavy atom. The molecule has 0 unspecified atom stereocenters. The van der Waals surface area contributed by atoms with Gasteiger partial charge in [-0.25, -0.2) is 18.4 Å². The summed E-state index contributed by atoms with van der Waals surface area (Å²) in [5.41, 5.74) is 2.43. The van der Waals surface area contributed by atoms with E-state index in [1.54, 1.807) is 36.6 Å². The monoisotopic (exact) mass is 494 g/mol. The number of ether oxygens (including phenoxy) is 1. The molecular weight excluding hydrogens is 474 g/mol. The van der Waals surface area contributed by atoms with Crippen LogP contribution in [-0.4, -0.2) is 37.1 Å². The summed E-state index contributed by atoms with van der Waals surface area (Å²) in [6.45, 7) is 3.00. The van der Waals surface area contributed by atoms with Crippen LogP contribution in [0.2, 0.25) is 0 Å². The van der Waals surface area contributed by atoms with Crippen LogP contribution < -0.4 is 5.14 Å². The zero-order valence-electron chi connectivity index (χ0n) is 17.6. The molecule has 0 saturated carbocycles. The Morgan fingerprint density at radius 2 is 1.67 bits per heavy atom. The molecule has 174 valence electrons. The Bertz CT molecular complexity index is 1290. The number of ketones is 1. The number of carbonyl (C=O) groups excluding carboxylic acids is 2. The molecule has 0 fully saturated rings. The van der Waals surface area contributed by atoms with Gasteiger partial charge in [-0.2, -0.15) is 8.78 Å². The van der Waals surface area contributed by atoms with Crippen molar-refractivity contribution in [2.24, 2.45) is 5.14 Å². The van der Waals surface area contributed by atoms with Crippen molar-refractivity contribution in [2.45, 2.75) is 29.4 Å². The van der Waals surface area contributed by atoms with E-state index in [1.165, 1.54) is 36.4 Å². The van der Waals surface area contributed by atoms with E-state index in [4.69, 9.17) is 9.88 Å². The lowest BCUT2D eigenvalue weighted by atomic mass is 10.1. The fourth-order valence-corrected chi connectivity index (χ4v) is 4.31. The summed E-state index contributed by atoms with van der Waals surface area (Å²) in [4.78, 5) is 25.2. The number of esters is 1. The lowest BCUT2D eigenvalue weighted by Gasteiger charge is -2.11. The van der Waals surface area contributed by atoms with E-state index in [9.17, 15) is 26.8 Å². The highest BCUT2D eigenvalue weighted by Gasteiger charge is 2.19.